The fourth-order valence-electron chi connectivity index (χ4n) is 1.72. The van der Waals surface area contributed by atoms with Crippen LogP contribution in [0.25, 0.3) is 0 Å². The Morgan fingerprint density at radius 2 is 2.20 bits per heavy atom. The fourth-order valence-corrected chi connectivity index (χ4v) is 2.07. The largest absolute Gasteiger partial charge is 0.366 e. The number of benzene rings is 1. The molecule has 0 atom stereocenters. The maximum absolute atomic E-state index is 9.03. The van der Waals surface area contributed by atoms with Gasteiger partial charge < -0.3 is 4.90 Å². The van der Waals surface area contributed by atoms with Crippen molar-refractivity contribution in [2.24, 2.45) is 0 Å². The van der Waals surface area contributed by atoms with Crippen LogP contribution in [0.15, 0.2) is 34.8 Å². The SMILES string of the molecule is N#Cc1ccc(Br)cc1N1CC=CCC1. The topological polar surface area (TPSA) is 27.0 Å². The van der Waals surface area contributed by atoms with E-state index in [-0.39, 0.29) is 0 Å². The first-order chi connectivity index (χ1) is 7.31. The summed E-state index contributed by atoms with van der Waals surface area (Å²) < 4.78 is 1.02. The van der Waals surface area contributed by atoms with E-state index in [9.17, 15) is 0 Å². The molecule has 0 N–H and O–H groups in total. The summed E-state index contributed by atoms with van der Waals surface area (Å²) >= 11 is 3.44. The smallest absolute Gasteiger partial charge is 0.101 e. The Morgan fingerprint density at radius 1 is 1.33 bits per heavy atom. The van der Waals surface area contributed by atoms with Crippen molar-refractivity contribution >= 4 is 21.6 Å². The van der Waals surface area contributed by atoms with Crippen molar-refractivity contribution in [3.8, 4) is 6.07 Å². The maximum Gasteiger partial charge on any atom is 0.101 e. The van der Waals surface area contributed by atoms with Gasteiger partial charge in [0.05, 0.1) is 11.3 Å². The van der Waals surface area contributed by atoms with Crippen LogP contribution in [0.3, 0.4) is 0 Å². The molecule has 76 valence electrons. The van der Waals surface area contributed by atoms with E-state index in [1.165, 1.54) is 0 Å². The minimum Gasteiger partial charge on any atom is -0.366 e. The van der Waals surface area contributed by atoms with Gasteiger partial charge in [0.25, 0.3) is 0 Å². The van der Waals surface area contributed by atoms with E-state index in [4.69, 9.17) is 5.26 Å². The maximum atomic E-state index is 9.03. The van der Waals surface area contributed by atoms with Gasteiger partial charge in [-0.05, 0) is 24.6 Å². The summed E-state index contributed by atoms with van der Waals surface area (Å²) in [6, 6.07) is 8.01. The summed E-state index contributed by atoms with van der Waals surface area (Å²) in [5.74, 6) is 0. The normalized spacial score (nSPS) is 15.1. The lowest BCUT2D eigenvalue weighted by molar-refractivity contribution is 0.819. The Balaban J connectivity index is 2.37. The summed E-state index contributed by atoms with van der Waals surface area (Å²) in [6.07, 6.45) is 5.38. The molecule has 1 heterocycles. The van der Waals surface area contributed by atoms with E-state index in [0.717, 1.165) is 35.2 Å². The third kappa shape index (κ3) is 2.21. The van der Waals surface area contributed by atoms with Crippen molar-refractivity contribution in [3.63, 3.8) is 0 Å². The van der Waals surface area contributed by atoms with Gasteiger partial charge in [0, 0.05) is 17.6 Å². The van der Waals surface area contributed by atoms with Gasteiger partial charge in [-0.1, -0.05) is 28.1 Å². The molecule has 0 aromatic heterocycles. The molecule has 3 heteroatoms. The van der Waals surface area contributed by atoms with Crippen molar-refractivity contribution in [3.05, 3.63) is 40.4 Å². The van der Waals surface area contributed by atoms with Crippen molar-refractivity contribution in [2.45, 2.75) is 6.42 Å². The molecule has 0 unspecified atom stereocenters. The first-order valence-electron chi connectivity index (χ1n) is 4.91. The minimum atomic E-state index is 0.744. The Hall–Kier alpha value is -1.27. The van der Waals surface area contributed by atoms with Gasteiger partial charge in [0.15, 0.2) is 0 Å². The molecule has 2 rings (SSSR count). The zero-order valence-electron chi connectivity index (χ0n) is 8.28. The van der Waals surface area contributed by atoms with Gasteiger partial charge in [0.1, 0.15) is 6.07 Å². The molecule has 0 aliphatic carbocycles. The fraction of sp³-hybridized carbons (Fsp3) is 0.250. The summed E-state index contributed by atoms with van der Waals surface area (Å²) in [5, 5.41) is 9.03. The van der Waals surface area contributed by atoms with Crippen molar-refractivity contribution in [1.82, 2.24) is 0 Å². The Morgan fingerprint density at radius 3 is 2.87 bits per heavy atom. The quantitative estimate of drug-likeness (QED) is 0.728. The van der Waals surface area contributed by atoms with Gasteiger partial charge in [-0.2, -0.15) is 5.26 Å². The van der Waals surface area contributed by atoms with Crippen LogP contribution in [0, 0.1) is 11.3 Å². The molecule has 1 aliphatic heterocycles. The predicted octanol–water partition coefficient (Wildman–Crippen LogP) is 3.09. The standard InChI is InChI=1S/C12H11BrN2/c13-11-5-4-10(9-14)12(8-11)15-6-2-1-3-7-15/h1-2,4-5,8H,3,6-7H2. The number of hydrogen-bond donors (Lipinski definition) is 0. The first kappa shape index (κ1) is 10.3. The van der Waals surface area contributed by atoms with Crippen LogP contribution in [0.5, 0.6) is 0 Å². The first-order valence-corrected chi connectivity index (χ1v) is 5.70. The Kier molecular flexibility index (Phi) is 3.08. The van der Waals surface area contributed by atoms with Gasteiger partial charge in [-0.3, -0.25) is 0 Å². The highest BCUT2D eigenvalue weighted by Gasteiger charge is 2.11. The molecule has 1 aliphatic rings. The van der Waals surface area contributed by atoms with Crippen LogP contribution in [0.4, 0.5) is 5.69 Å². The summed E-state index contributed by atoms with van der Waals surface area (Å²) in [5.41, 5.74) is 1.77. The number of anilines is 1. The average molecular weight is 263 g/mol. The molecule has 1 aromatic rings. The predicted molar refractivity (Wildman–Crippen MR) is 64.8 cm³/mol. The van der Waals surface area contributed by atoms with Gasteiger partial charge in [-0.15, -0.1) is 0 Å². The highest BCUT2D eigenvalue weighted by Crippen LogP contribution is 2.25. The highest BCUT2D eigenvalue weighted by molar-refractivity contribution is 9.10. The Bertz CT molecular complexity index is 432. The molecule has 0 radical (unpaired) electrons. The summed E-state index contributed by atoms with van der Waals surface area (Å²) in [4.78, 5) is 2.23. The lowest BCUT2D eigenvalue weighted by Crippen LogP contribution is -2.27. The van der Waals surface area contributed by atoms with E-state index in [0.29, 0.717) is 0 Å². The van der Waals surface area contributed by atoms with E-state index < -0.39 is 0 Å². The van der Waals surface area contributed by atoms with E-state index >= 15 is 0 Å². The number of nitrogens with zero attached hydrogens (tertiary/aromatic N) is 2. The molecule has 0 amide bonds. The molecule has 0 fully saturated rings. The number of halogens is 1. The number of nitriles is 1. The molecule has 0 saturated heterocycles. The van der Waals surface area contributed by atoms with Gasteiger partial charge >= 0.3 is 0 Å². The molecule has 0 saturated carbocycles. The van der Waals surface area contributed by atoms with Gasteiger partial charge in [0.2, 0.25) is 0 Å². The zero-order valence-corrected chi connectivity index (χ0v) is 9.87. The summed E-state index contributed by atoms with van der Waals surface area (Å²) in [7, 11) is 0. The van der Waals surface area contributed by atoms with Crippen LogP contribution < -0.4 is 4.90 Å². The monoisotopic (exact) mass is 262 g/mol. The number of hydrogen-bond acceptors (Lipinski definition) is 2. The minimum absolute atomic E-state index is 0.744. The van der Waals surface area contributed by atoms with Crippen LogP contribution in [0.2, 0.25) is 0 Å². The van der Waals surface area contributed by atoms with E-state index in [1.54, 1.807) is 0 Å². The van der Waals surface area contributed by atoms with Crippen LogP contribution >= 0.6 is 15.9 Å². The van der Waals surface area contributed by atoms with Crippen molar-refractivity contribution < 1.29 is 0 Å². The molecule has 15 heavy (non-hydrogen) atoms. The second kappa shape index (κ2) is 4.50. The third-order valence-corrected chi connectivity index (χ3v) is 2.97. The molecule has 1 aromatic carbocycles. The van der Waals surface area contributed by atoms with E-state index in [2.05, 4.69) is 39.1 Å². The number of rotatable bonds is 1. The molecule has 0 spiro atoms. The average Bonchev–Trinajstić information content (AvgIpc) is 2.30. The van der Waals surface area contributed by atoms with E-state index in [1.807, 2.05) is 18.2 Å². The molecular weight excluding hydrogens is 252 g/mol. The highest BCUT2D eigenvalue weighted by atomic mass is 79.9. The Labute approximate surface area is 97.9 Å². The van der Waals surface area contributed by atoms with Crippen LogP contribution in [0.1, 0.15) is 12.0 Å². The van der Waals surface area contributed by atoms with Crippen LogP contribution in [-0.4, -0.2) is 13.1 Å². The molecule has 0 bridgehead atoms. The lowest BCUT2D eigenvalue weighted by Gasteiger charge is -2.26. The molecular formula is C12H11BrN2. The third-order valence-electron chi connectivity index (χ3n) is 2.48. The second-order valence-electron chi connectivity index (χ2n) is 3.48. The summed E-state index contributed by atoms with van der Waals surface area (Å²) in [6.45, 7) is 1.88. The lowest BCUT2D eigenvalue weighted by atomic mass is 10.1. The zero-order chi connectivity index (χ0) is 10.7. The van der Waals surface area contributed by atoms with Crippen molar-refractivity contribution in [1.29, 1.82) is 5.26 Å². The van der Waals surface area contributed by atoms with Gasteiger partial charge in [-0.25, -0.2) is 0 Å². The van der Waals surface area contributed by atoms with Crippen molar-refractivity contribution in [2.75, 3.05) is 18.0 Å². The van der Waals surface area contributed by atoms with Crippen LogP contribution in [-0.2, 0) is 0 Å². The second-order valence-corrected chi connectivity index (χ2v) is 4.40. The molecule has 2 nitrogen and oxygen atoms in total.